The summed E-state index contributed by atoms with van der Waals surface area (Å²) in [5.74, 6) is 0.586. The van der Waals surface area contributed by atoms with Gasteiger partial charge in [-0.3, -0.25) is 4.79 Å². The van der Waals surface area contributed by atoms with E-state index in [-0.39, 0.29) is 5.56 Å². The van der Waals surface area contributed by atoms with E-state index < -0.39 is 0 Å². The highest BCUT2D eigenvalue weighted by Crippen LogP contribution is 2.24. The molecule has 0 aliphatic carbocycles. The van der Waals surface area contributed by atoms with Gasteiger partial charge in [0, 0.05) is 24.5 Å². The first kappa shape index (κ1) is 13.4. The SMILES string of the molecule is O=c1[nH]cnc(Nc2ccc(N3CCCC3)cc2)c1I. The molecule has 20 heavy (non-hydrogen) atoms. The number of nitrogens with zero attached hydrogens (tertiary/aromatic N) is 2. The van der Waals surface area contributed by atoms with E-state index in [4.69, 9.17) is 0 Å². The molecule has 1 aliphatic rings. The lowest BCUT2D eigenvalue weighted by Crippen LogP contribution is -2.17. The van der Waals surface area contributed by atoms with Crippen LogP contribution in [0.4, 0.5) is 17.2 Å². The van der Waals surface area contributed by atoms with Gasteiger partial charge in [0.05, 0.1) is 6.33 Å². The molecule has 1 aliphatic heterocycles. The van der Waals surface area contributed by atoms with Crippen molar-refractivity contribution >= 4 is 39.8 Å². The molecule has 2 heterocycles. The fourth-order valence-electron chi connectivity index (χ4n) is 2.34. The van der Waals surface area contributed by atoms with Gasteiger partial charge < -0.3 is 15.2 Å². The molecule has 0 unspecified atom stereocenters. The lowest BCUT2D eigenvalue weighted by Gasteiger charge is -2.18. The lowest BCUT2D eigenvalue weighted by atomic mass is 10.2. The van der Waals surface area contributed by atoms with Gasteiger partial charge in [0.1, 0.15) is 3.57 Å². The monoisotopic (exact) mass is 382 g/mol. The predicted molar refractivity (Wildman–Crippen MR) is 88.7 cm³/mol. The standard InChI is InChI=1S/C14H15IN4O/c15-12-13(16-9-17-14(12)20)18-10-3-5-11(6-4-10)19-7-1-2-8-19/h3-6,9H,1-2,7-8H2,(H2,16,17,18,20). The molecule has 1 saturated heterocycles. The first-order valence-electron chi connectivity index (χ1n) is 6.59. The van der Waals surface area contributed by atoms with Gasteiger partial charge in [0.25, 0.3) is 5.56 Å². The quantitative estimate of drug-likeness (QED) is 0.802. The van der Waals surface area contributed by atoms with Gasteiger partial charge in [-0.1, -0.05) is 0 Å². The first-order valence-corrected chi connectivity index (χ1v) is 7.67. The van der Waals surface area contributed by atoms with Crippen LogP contribution in [0.1, 0.15) is 12.8 Å². The maximum atomic E-state index is 11.5. The van der Waals surface area contributed by atoms with Gasteiger partial charge >= 0.3 is 0 Å². The highest BCUT2D eigenvalue weighted by Gasteiger charge is 2.12. The van der Waals surface area contributed by atoms with Crippen LogP contribution in [0.2, 0.25) is 0 Å². The Hall–Kier alpha value is -1.57. The normalized spacial score (nSPS) is 14.6. The number of hydrogen-bond donors (Lipinski definition) is 2. The number of halogens is 1. The molecule has 0 atom stereocenters. The zero-order valence-electron chi connectivity index (χ0n) is 10.9. The molecular formula is C14H15IN4O. The Morgan fingerprint density at radius 2 is 1.90 bits per heavy atom. The molecule has 0 saturated carbocycles. The van der Waals surface area contributed by atoms with E-state index in [1.54, 1.807) is 0 Å². The van der Waals surface area contributed by atoms with Gasteiger partial charge in [-0.15, -0.1) is 0 Å². The van der Waals surface area contributed by atoms with Crippen molar-refractivity contribution in [2.75, 3.05) is 23.3 Å². The lowest BCUT2D eigenvalue weighted by molar-refractivity contribution is 0.949. The van der Waals surface area contributed by atoms with Crippen molar-refractivity contribution in [3.05, 3.63) is 44.5 Å². The Labute approximate surface area is 130 Å². The summed E-state index contributed by atoms with van der Waals surface area (Å²) >= 11 is 1.99. The number of anilines is 3. The van der Waals surface area contributed by atoms with Crippen LogP contribution in [0.3, 0.4) is 0 Å². The third-order valence-electron chi connectivity index (χ3n) is 3.40. The minimum atomic E-state index is -0.128. The van der Waals surface area contributed by atoms with E-state index in [2.05, 4.69) is 32.3 Å². The van der Waals surface area contributed by atoms with Gasteiger partial charge in [-0.2, -0.15) is 0 Å². The molecule has 6 heteroatoms. The largest absolute Gasteiger partial charge is 0.372 e. The minimum absolute atomic E-state index is 0.128. The number of benzene rings is 1. The van der Waals surface area contributed by atoms with Crippen molar-refractivity contribution in [3.63, 3.8) is 0 Å². The Morgan fingerprint density at radius 3 is 2.60 bits per heavy atom. The smallest absolute Gasteiger partial charge is 0.266 e. The summed E-state index contributed by atoms with van der Waals surface area (Å²) in [6.07, 6.45) is 3.95. The first-order chi connectivity index (χ1) is 9.74. The van der Waals surface area contributed by atoms with Crippen LogP contribution in [-0.2, 0) is 0 Å². The van der Waals surface area contributed by atoms with Crippen molar-refractivity contribution in [1.82, 2.24) is 9.97 Å². The Bertz CT molecular complexity index is 647. The van der Waals surface area contributed by atoms with E-state index in [1.807, 2.05) is 34.7 Å². The molecule has 1 fully saturated rings. The summed E-state index contributed by atoms with van der Waals surface area (Å²) in [7, 11) is 0. The number of nitrogens with one attached hydrogen (secondary N) is 2. The van der Waals surface area contributed by atoms with Crippen LogP contribution in [0.5, 0.6) is 0 Å². The van der Waals surface area contributed by atoms with Crippen molar-refractivity contribution in [2.24, 2.45) is 0 Å². The average Bonchev–Trinajstić information content (AvgIpc) is 2.99. The van der Waals surface area contributed by atoms with Crippen molar-refractivity contribution in [3.8, 4) is 0 Å². The number of rotatable bonds is 3. The second-order valence-corrected chi connectivity index (χ2v) is 5.84. The highest BCUT2D eigenvalue weighted by atomic mass is 127. The summed E-state index contributed by atoms with van der Waals surface area (Å²) < 4.78 is 0.564. The zero-order chi connectivity index (χ0) is 13.9. The van der Waals surface area contributed by atoms with Crippen molar-refractivity contribution in [2.45, 2.75) is 12.8 Å². The Kier molecular flexibility index (Phi) is 3.90. The van der Waals surface area contributed by atoms with Crippen molar-refractivity contribution < 1.29 is 0 Å². The summed E-state index contributed by atoms with van der Waals surface area (Å²) in [6.45, 7) is 2.28. The minimum Gasteiger partial charge on any atom is -0.372 e. The van der Waals surface area contributed by atoms with E-state index >= 15 is 0 Å². The average molecular weight is 382 g/mol. The van der Waals surface area contributed by atoms with Crippen LogP contribution in [0.25, 0.3) is 0 Å². The molecule has 0 spiro atoms. The van der Waals surface area contributed by atoms with Gasteiger partial charge in [0.2, 0.25) is 0 Å². The molecule has 0 bridgehead atoms. The summed E-state index contributed by atoms with van der Waals surface area (Å²) in [4.78, 5) is 20.6. The third kappa shape index (κ3) is 2.79. The number of aromatic nitrogens is 2. The maximum Gasteiger partial charge on any atom is 0.266 e. The van der Waals surface area contributed by atoms with Crippen LogP contribution < -0.4 is 15.8 Å². The molecule has 3 rings (SSSR count). The van der Waals surface area contributed by atoms with E-state index in [1.165, 1.54) is 24.9 Å². The second-order valence-electron chi connectivity index (χ2n) is 4.76. The van der Waals surface area contributed by atoms with Gasteiger partial charge in [-0.05, 0) is 59.7 Å². The van der Waals surface area contributed by atoms with Gasteiger partial charge in [-0.25, -0.2) is 4.98 Å². The van der Waals surface area contributed by atoms with Crippen molar-refractivity contribution in [1.29, 1.82) is 0 Å². The predicted octanol–water partition coefficient (Wildman–Crippen LogP) is 2.72. The molecule has 2 aromatic rings. The van der Waals surface area contributed by atoms with Crippen LogP contribution >= 0.6 is 22.6 Å². The van der Waals surface area contributed by atoms with Gasteiger partial charge in [0.15, 0.2) is 5.82 Å². The highest BCUT2D eigenvalue weighted by molar-refractivity contribution is 14.1. The fraction of sp³-hybridized carbons (Fsp3) is 0.286. The van der Waals surface area contributed by atoms with E-state index in [0.717, 1.165) is 18.8 Å². The molecule has 0 amide bonds. The van der Waals surface area contributed by atoms with E-state index in [9.17, 15) is 4.79 Å². The van der Waals surface area contributed by atoms with E-state index in [0.29, 0.717) is 9.39 Å². The third-order valence-corrected chi connectivity index (χ3v) is 4.40. The summed E-state index contributed by atoms with van der Waals surface area (Å²) in [5, 5.41) is 3.17. The topological polar surface area (TPSA) is 61.0 Å². The molecule has 2 N–H and O–H groups in total. The van der Waals surface area contributed by atoms with Crippen LogP contribution in [0.15, 0.2) is 35.4 Å². The number of hydrogen-bond acceptors (Lipinski definition) is 4. The molecule has 104 valence electrons. The Morgan fingerprint density at radius 1 is 1.20 bits per heavy atom. The fourth-order valence-corrected chi connectivity index (χ4v) is 2.77. The van der Waals surface area contributed by atoms with Crippen LogP contribution in [0, 0.1) is 3.57 Å². The molecule has 5 nitrogen and oxygen atoms in total. The molecular weight excluding hydrogens is 367 g/mol. The zero-order valence-corrected chi connectivity index (χ0v) is 13.1. The Balaban J connectivity index is 1.78. The maximum absolute atomic E-state index is 11.5. The second kappa shape index (κ2) is 5.82. The summed E-state index contributed by atoms with van der Waals surface area (Å²) in [6, 6.07) is 8.25. The van der Waals surface area contributed by atoms with Crippen LogP contribution in [-0.4, -0.2) is 23.1 Å². The number of aromatic amines is 1. The molecule has 1 aromatic carbocycles. The molecule has 0 radical (unpaired) electrons. The number of H-pyrrole nitrogens is 1. The summed E-state index contributed by atoms with van der Waals surface area (Å²) in [5.41, 5.74) is 2.06. The molecule has 1 aromatic heterocycles.